The summed E-state index contributed by atoms with van der Waals surface area (Å²) in [4.78, 5) is 16.3. The van der Waals surface area contributed by atoms with Crippen LogP contribution in [0.3, 0.4) is 0 Å². The molecule has 1 unspecified atom stereocenters. The molecule has 0 amide bonds. The van der Waals surface area contributed by atoms with E-state index in [0.717, 1.165) is 28.0 Å². The molecule has 29 heavy (non-hydrogen) atoms. The smallest absolute Gasteiger partial charge is 0.269 e. The van der Waals surface area contributed by atoms with Crippen LogP contribution in [0.5, 0.6) is 0 Å². The molecule has 1 N–H and O–H groups in total. The highest BCUT2D eigenvalue weighted by Gasteiger charge is 2.23. The Bertz CT molecular complexity index is 1160. The standard InChI is InChI=1S/C24H23N3O2/c1-16-23(21-6-4-5-7-22(21)25-16)24(17-8-12-19(13-9-17)26(2)3)18-10-14-20(15-11-18)27(28)29/h4-15,24-25H,1-3H3. The maximum Gasteiger partial charge on any atom is 0.269 e. The zero-order valence-corrected chi connectivity index (χ0v) is 16.7. The number of hydrogen-bond donors (Lipinski definition) is 1. The van der Waals surface area contributed by atoms with Gasteiger partial charge < -0.3 is 9.88 Å². The van der Waals surface area contributed by atoms with Crippen molar-refractivity contribution < 1.29 is 4.92 Å². The largest absolute Gasteiger partial charge is 0.378 e. The van der Waals surface area contributed by atoms with Gasteiger partial charge in [0, 0.05) is 54.4 Å². The van der Waals surface area contributed by atoms with Crippen LogP contribution in [0.1, 0.15) is 28.3 Å². The highest BCUT2D eigenvalue weighted by Crippen LogP contribution is 2.39. The van der Waals surface area contributed by atoms with Crippen molar-refractivity contribution in [2.75, 3.05) is 19.0 Å². The van der Waals surface area contributed by atoms with Crippen LogP contribution >= 0.6 is 0 Å². The minimum atomic E-state index is -0.360. The van der Waals surface area contributed by atoms with Gasteiger partial charge in [-0.05, 0) is 41.8 Å². The molecule has 146 valence electrons. The molecule has 0 aliphatic carbocycles. The van der Waals surface area contributed by atoms with Crippen molar-refractivity contribution in [2.24, 2.45) is 0 Å². The first-order valence-corrected chi connectivity index (χ1v) is 9.54. The highest BCUT2D eigenvalue weighted by atomic mass is 16.6. The first-order valence-electron chi connectivity index (χ1n) is 9.54. The van der Waals surface area contributed by atoms with Crippen LogP contribution in [-0.2, 0) is 0 Å². The SMILES string of the molecule is Cc1[nH]c2ccccc2c1C(c1ccc(N(C)C)cc1)c1ccc([N+](=O)[O-])cc1. The average molecular weight is 385 g/mol. The third-order valence-electron chi connectivity index (χ3n) is 5.41. The number of benzene rings is 3. The Morgan fingerprint density at radius 1 is 0.897 bits per heavy atom. The van der Waals surface area contributed by atoms with Crippen LogP contribution in [0.25, 0.3) is 10.9 Å². The number of non-ortho nitro benzene ring substituents is 1. The predicted octanol–water partition coefficient (Wildman–Crippen LogP) is 5.63. The van der Waals surface area contributed by atoms with Gasteiger partial charge in [0.1, 0.15) is 0 Å². The quantitative estimate of drug-likeness (QED) is 0.358. The Balaban J connectivity index is 1.91. The fourth-order valence-corrected chi connectivity index (χ4v) is 3.95. The van der Waals surface area contributed by atoms with Gasteiger partial charge in [-0.3, -0.25) is 10.1 Å². The molecular formula is C24H23N3O2. The second-order valence-electron chi connectivity index (χ2n) is 7.48. The summed E-state index contributed by atoms with van der Waals surface area (Å²) in [5.41, 5.74) is 6.81. The van der Waals surface area contributed by atoms with E-state index in [2.05, 4.69) is 53.2 Å². The molecule has 0 saturated heterocycles. The van der Waals surface area contributed by atoms with Crippen LogP contribution < -0.4 is 4.90 Å². The number of nitro benzene ring substituents is 1. The molecule has 0 radical (unpaired) electrons. The number of para-hydroxylation sites is 1. The average Bonchev–Trinajstić information content (AvgIpc) is 3.05. The molecule has 0 aliphatic rings. The van der Waals surface area contributed by atoms with E-state index in [0.29, 0.717) is 0 Å². The fourth-order valence-electron chi connectivity index (χ4n) is 3.95. The molecule has 0 spiro atoms. The number of aromatic amines is 1. The number of H-pyrrole nitrogens is 1. The topological polar surface area (TPSA) is 62.2 Å². The van der Waals surface area contributed by atoms with Crippen molar-refractivity contribution in [2.45, 2.75) is 12.8 Å². The van der Waals surface area contributed by atoms with E-state index in [1.165, 1.54) is 10.9 Å². The number of hydrogen-bond acceptors (Lipinski definition) is 3. The summed E-state index contributed by atoms with van der Waals surface area (Å²) < 4.78 is 0. The lowest BCUT2D eigenvalue weighted by Gasteiger charge is -2.21. The third-order valence-corrected chi connectivity index (χ3v) is 5.41. The van der Waals surface area contributed by atoms with Crippen molar-refractivity contribution in [3.8, 4) is 0 Å². The zero-order valence-electron chi connectivity index (χ0n) is 16.7. The molecule has 5 heteroatoms. The first kappa shape index (κ1) is 18.7. The number of aromatic nitrogens is 1. The highest BCUT2D eigenvalue weighted by molar-refractivity contribution is 5.86. The zero-order chi connectivity index (χ0) is 20.5. The molecule has 0 bridgehead atoms. The van der Waals surface area contributed by atoms with Crippen LogP contribution in [0.4, 0.5) is 11.4 Å². The van der Waals surface area contributed by atoms with Crippen LogP contribution in [0.15, 0.2) is 72.8 Å². The maximum absolute atomic E-state index is 11.1. The Morgan fingerprint density at radius 2 is 1.48 bits per heavy atom. The Labute approximate surface area is 169 Å². The Kier molecular flexibility index (Phi) is 4.80. The molecule has 3 aromatic carbocycles. The fraction of sp³-hybridized carbons (Fsp3) is 0.167. The van der Waals surface area contributed by atoms with E-state index >= 15 is 0 Å². The molecule has 0 aliphatic heterocycles. The maximum atomic E-state index is 11.1. The van der Waals surface area contributed by atoms with Crippen molar-refractivity contribution in [1.29, 1.82) is 0 Å². The summed E-state index contributed by atoms with van der Waals surface area (Å²) in [6, 6.07) is 23.7. The van der Waals surface area contributed by atoms with Gasteiger partial charge in [-0.25, -0.2) is 0 Å². The first-order chi connectivity index (χ1) is 14.0. The van der Waals surface area contributed by atoms with E-state index in [9.17, 15) is 10.1 Å². The van der Waals surface area contributed by atoms with Crippen LogP contribution in [-0.4, -0.2) is 24.0 Å². The van der Waals surface area contributed by atoms with E-state index in [-0.39, 0.29) is 16.5 Å². The molecule has 1 aromatic heterocycles. The predicted molar refractivity (Wildman–Crippen MR) is 118 cm³/mol. The van der Waals surface area contributed by atoms with Crippen LogP contribution in [0.2, 0.25) is 0 Å². The molecule has 4 aromatic rings. The monoisotopic (exact) mass is 385 g/mol. The lowest BCUT2D eigenvalue weighted by Crippen LogP contribution is -2.09. The second-order valence-corrected chi connectivity index (χ2v) is 7.48. The van der Waals surface area contributed by atoms with Gasteiger partial charge in [-0.15, -0.1) is 0 Å². The molecule has 1 heterocycles. The molecule has 0 fully saturated rings. The number of aryl methyl sites for hydroxylation is 1. The number of nitro groups is 1. The minimum Gasteiger partial charge on any atom is -0.378 e. The number of rotatable bonds is 5. The van der Waals surface area contributed by atoms with Gasteiger partial charge in [0.15, 0.2) is 0 Å². The van der Waals surface area contributed by atoms with Gasteiger partial charge in [0.05, 0.1) is 4.92 Å². The molecule has 1 atom stereocenters. The number of anilines is 1. The normalized spacial score (nSPS) is 12.1. The summed E-state index contributed by atoms with van der Waals surface area (Å²) in [6.45, 7) is 2.09. The summed E-state index contributed by atoms with van der Waals surface area (Å²) >= 11 is 0. The molecule has 4 rings (SSSR count). The van der Waals surface area contributed by atoms with Gasteiger partial charge in [0.2, 0.25) is 0 Å². The van der Waals surface area contributed by atoms with Crippen LogP contribution in [0, 0.1) is 17.0 Å². The Hall–Kier alpha value is -3.60. The van der Waals surface area contributed by atoms with Crippen molar-refractivity contribution in [3.63, 3.8) is 0 Å². The third kappa shape index (κ3) is 3.47. The summed E-state index contributed by atoms with van der Waals surface area (Å²) in [6.07, 6.45) is 0. The van der Waals surface area contributed by atoms with E-state index in [1.807, 2.05) is 38.4 Å². The molecule has 5 nitrogen and oxygen atoms in total. The molecular weight excluding hydrogens is 362 g/mol. The van der Waals surface area contributed by atoms with Crippen molar-refractivity contribution in [3.05, 3.63) is 105 Å². The number of nitrogens with zero attached hydrogens (tertiary/aromatic N) is 2. The summed E-state index contributed by atoms with van der Waals surface area (Å²) in [5, 5.41) is 12.3. The number of nitrogens with one attached hydrogen (secondary N) is 1. The van der Waals surface area contributed by atoms with Gasteiger partial charge in [-0.2, -0.15) is 0 Å². The Morgan fingerprint density at radius 3 is 2.07 bits per heavy atom. The van der Waals surface area contributed by atoms with Crippen molar-refractivity contribution in [1.82, 2.24) is 4.98 Å². The lowest BCUT2D eigenvalue weighted by atomic mass is 9.83. The second kappa shape index (κ2) is 7.43. The van der Waals surface area contributed by atoms with Gasteiger partial charge in [0.25, 0.3) is 5.69 Å². The van der Waals surface area contributed by atoms with E-state index < -0.39 is 0 Å². The van der Waals surface area contributed by atoms with Crippen molar-refractivity contribution >= 4 is 22.3 Å². The van der Waals surface area contributed by atoms with E-state index in [1.54, 1.807) is 12.1 Å². The summed E-state index contributed by atoms with van der Waals surface area (Å²) in [5.74, 6) is -0.0248. The number of fused-ring (bicyclic) bond motifs is 1. The minimum absolute atomic E-state index is 0.0248. The van der Waals surface area contributed by atoms with E-state index in [4.69, 9.17) is 0 Å². The van der Waals surface area contributed by atoms with Gasteiger partial charge in [-0.1, -0.05) is 42.5 Å². The summed E-state index contributed by atoms with van der Waals surface area (Å²) in [7, 11) is 4.04. The lowest BCUT2D eigenvalue weighted by molar-refractivity contribution is -0.384. The molecule has 0 saturated carbocycles. The van der Waals surface area contributed by atoms with Gasteiger partial charge >= 0.3 is 0 Å².